The maximum atomic E-state index is 10.9. The third kappa shape index (κ3) is 3.07. The molecule has 0 saturated heterocycles. The van der Waals surface area contributed by atoms with Gasteiger partial charge in [0.2, 0.25) is 0 Å². The minimum absolute atomic E-state index is 0.0323. The Morgan fingerprint density at radius 3 is 2.30 bits per heavy atom. The van der Waals surface area contributed by atoms with E-state index in [0.29, 0.717) is 6.54 Å². The molecule has 4 heteroatoms. The second-order valence-corrected chi connectivity index (χ2v) is 5.37. The zero-order valence-corrected chi connectivity index (χ0v) is 12.4. The van der Waals surface area contributed by atoms with E-state index in [9.17, 15) is 4.79 Å². The average molecular weight is 272 g/mol. The smallest absolute Gasteiger partial charge is 0.307 e. The van der Waals surface area contributed by atoms with Crippen molar-refractivity contribution in [1.82, 2.24) is 9.78 Å². The van der Waals surface area contributed by atoms with Gasteiger partial charge >= 0.3 is 5.97 Å². The molecule has 0 fully saturated rings. The van der Waals surface area contributed by atoms with Crippen LogP contribution in [0.1, 0.15) is 33.6 Å². The van der Waals surface area contributed by atoms with Crippen LogP contribution in [-0.4, -0.2) is 20.9 Å². The largest absolute Gasteiger partial charge is 0.481 e. The fourth-order valence-electron chi connectivity index (χ4n) is 2.63. The Hall–Kier alpha value is -2.10. The van der Waals surface area contributed by atoms with Crippen LogP contribution in [0, 0.1) is 27.7 Å². The van der Waals surface area contributed by atoms with Crippen molar-refractivity contribution < 1.29 is 9.90 Å². The van der Waals surface area contributed by atoms with Gasteiger partial charge in [-0.3, -0.25) is 9.48 Å². The van der Waals surface area contributed by atoms with Crippen LogP contribution in [0.5, 0.6) is 0 Å². The molecule has 4 nitrogen and oxygen atoms in total. The van der Waals surface area contributed by atoms with Gasteiger partial charge in [0.15, 0.2) is 0 Å². The molecule has 0 unspecified atom stereocenters. The number of aliphatic carboxylic acids is 1. The van der Waals surface area contributed by atoms with Crippen molar-refractivity contribution in [2.45, 2.75) is 40.7 Å². The summed E-state index contributed by atoms with van der Waals surface area (Å²) in [5, 5.41) is 13.4. The highest BCUT2D eigenvalue weighted by molar-refractivity contribution is 5.70. The summed E-state index contributed by atoms with van der Waals surface area (Å²) < 4.78 is 1.89. The van der Waals surface area contributed by atoms with Crippen LogP contribution in [0.3, 0.4) is 0 Å². The average Bonchev–Trinajstić information content (AvgIpc) is 2.55. The number of rotatable bonds is 4. The molecule has 0 atom stereocenters. The van der Waals surface area contributed by atoms with Gasteiger partial charge in [-0.2, -0.15) is 5.10 Å². The first-order valence-corrected chi connectivity index (χ1v) is 6.68. The highest BCUT2D eigenvalue weighted by Crippen LogP contribution is 2.17. The number of hydrogen-bond acceptors (Lipinski definition) is 2. The molecule has 0 radical (unpaired) electrons. The molecule has 0 bridgehead atoms. The van der Waals surface area contributed by atoms with E-state index in [1.54, 1.807) is 0 Å². The second-order valence-electron chi connectivity index (χ2n) is 5.37. The van der Waals surface area contributed by atoms with E-state index >= 15 is 0 Å². The van der Waals surface area contributed by atoms with Gasteiger partial charge in [-0.1, -0.05) is 29.3 Å². The standard InChI is InChI=1S/C16H20N2O2/c1-10-5-11(2)7-14(6-10)9-18-13(4)15(8-16(19)20)12(3)17-18/h5-7H,8-9H2,1-4H3,(H,19,20). The molecule has 1 aromatic heterocycles. The molecule has 0 aliphatic carbocycles. The Labute approximate surface area is 119 Å². The monoisotopic (exact) mass is 272 g/mol. The van der Waals surface area contributed by atoms with Gasteiger partial charge in [0.1, 0.15) is 0 Å². The number of carbonyl (C=O) groups is 1. The molecule has 2 rings (SSSR count). The van der Waals surface area contributed by atoms with Gasteiger partial charge in [0, 0.05) is 11.3 Å². The summed E-state index contributed by atoms with van der Waals surface area (Å²) in [6.07, 6.45) is 0.0323. The van der Waals surface area contributed by atoms with Gasteiger partial charge in [-0.05, 0) is 33.3 Å². The molecule has 2 aromatic rings. The van der Waals surface area contributed by atoms with Gasteiger partial charge in [-0.15, -0.1) is 0 Å². The zero-order valence-electron chi connectivity index (χ0n) is 12.4. The van der Waals surface area contributed by atoms with E-state index in [2.05, 4.69) is 37.1 Å². The van der Waals surface area contributed by atoms with Crippen molar-refractivity contribution >= 4 is 5.97 Å². The fourth-order valence-corrected chi connectivity index (χ4v) is 2.63. The SMILES string of the molecule is Cc1cc(C)cc(Cn2nc(C)c(CC(=O)O)c2C)c1. The first-order chi connectivity index (χ1) is 9.36. The minimum Gasteiger partial charge on any atom is -0.481 e. The predicted molar refractivity (Wildman–Crippen MR) is 78.1 cm³/mol. The molecular weight excluding hydrogens is 252 g/mol. The van der Waals surface area contributed by atoms with Gasteiger partial charge in [-0.25, -0.2) is 0 Å². The van der Waals surface area contributed by atoms with E-state index in [0.717, 1.165) is 17.0 Å². The summed E-state index contributed by atoms with van der Waals surface area (Å²) in [7, 11) is 0. The summed E-state index contributed by atoms with van der Waals surface area (Å²) in [5.41, 5.74) is 6.20. The number of nitrogens with zero attached hydrogens (tertiary/aromatic N) is 2. The topological polar surface area (TPSA) is 55.1 Å². The van der Waals surface area contributed by atoms with Crippen LogP contribution in [-0.2, 0) is 17.8 Å². The first kappa shape index (κ1) is 14.3. The van der Waals surface area contributed by atoms with Crippen molar-refractivity contribution in [1.29, 1.82) is 0 Å². The molecule has 106 valence electrons. The molecule has 0 amide bonds. The molecule has 0 aliphatic heterocycles. The van der Waals surface area contributed by atoms with E-state index in [1.807, 2.05) is 18.5 Å². The third-order valence-electron chi connectivity index (χ3n) is 3.47. The van der Waals surface area contributed by atoms with E-state index in [1.165, 1.54) is 16.7 Å². The van der Waals surface area contributed by atoms with Crippen molar-refractivity contribution in [2.24, 2.45) is 0 Å². The summed E-state index contributed by atoms with van der Waals surface area (Å²) in [6.45, 7) is 8.63. The Bertz CT molecular complexity index is 636. The Balaban J connectivity index is 2.32. The lowest BCUT2D eigenvalue weighted by atomic mass is 10.1. The highest BCUT2D eigenvalue weighted by atomic mass is 16.4. The number of carboxylic acid groups (broad SMARTS) is 1. The number of carboxylic acids is 1. The maximum absolute atomic E-state index is 10.9. The van der Waals surface area contributed by atoms with Crippen LogP contribution in [0.2, 0.25) is 0 Å². The van der Waals surface area contributed by atoms with Crippen LogP contribution in [0.15, 0.2) is 18.2 Å². The molecule has 0 spiro atoms. The molecular formula is C16H20N2O2. The Kier molecular flexibility index (Phi) is 3.93. The normalized spacial score (nSPS) is 10.8. The van der Waals surface area contributed by atoms with E-state index < -0.39 is 5.97 Å². The quantitative estimate of drug-likeness (QED) is 0.931. The Morgan fingerprint density at radius 2 is 1.75 bits per heavy atom. The number of hydrogen-bond donors (Lipinski definition) is 1. The van der Waals surface area contributed by atoms with Crippen LogP contribution in [0.4, 0.5) is 0 Å². The zero-order chi connectivity index (χ0) is 14.9. The number of aryl methyl sites for hydroxylation is 3. The Morgan fingerprint density at radius 1 is 1.15 bits per heavy atom. The molecule has 1 N–H and O–H groups in total. The second kappa shape index (κ2) is 5.49. The lowest BCUT2D eigenvalue weighted by Gasteiger charge is -2.07. The molecule has 0 aliphatic rings. The van der Waals surface area contributed by atoms with E-state index in [4.69, 9.17) is 5.11 Å². The van der Waals surface area contributed by atoms with Crippen molar-refractivity contribution in [3.8, 4) is 0 Å². The summed E-state index contributed by atoms with van der Waals surface area (Å²) in [5.74, 6) is -0.817. The first-order valence-electron chi connectivity index (χ1n) is 6.68. The van der Waals surface area contributed by atoms with Crippen molar-refractivity contribution in [3.63, 3.8) is 0 Å². The van der Waals surface area contributed by atoms with Gasteiger partial charge in [0.05, 0.1) is 18.7 Å². The minimum atomic E-state index is -0.817. The fraction of sp³-hybridized carbons (Fsp3) is 0.375. The van der Waals surface area contributed by atoms with Crippen LogP contribution < -0.4 is 0 Å². The summed E-state index contributed by atoms with van der Waals surface area (Å²) >= 11 is 0. The maximum Gasteiger partial charge on any atom is 0.307 e. The van der Waals surface area contributed by atoms with Crippen molar-refractivity contribution in [3.05, 3.63) is 51.8 Å². The van der Waals surface area contributed by atoms with Gasteiger partial charge in [0.25, 0.3) is 0 Å². The number of benzene rings is 1. The molecule has 20 heavy (non-hydrogen) atoms. The molecule has 0 saturated carbocycles. The third-order valence-corrected chi connectivity index (χ3v) is 3.47. The highest BCUT2D eigenvalue weighted by Gasteiger charge is 2.14. The molecule has 1 heterocycles. The van der Waals surface area contributed by atoms with Crippen molar-refractivity contribution in [2.75, 3.05) is 0 Å². The molecule has 1 aromatic carbocycles. The summed E-state index contributed by atoms with van der Waals surface area (Å²) in [4.78, 5) is 10.9. The lowest BCUT2D eigenvalue weighted by Crippen LogP contribution is -2.06. The van der Waals surface area contributed by atoms with Crippen LogP contribution >= 0.6 is 0 Å². The number of aromatic nitrogens is 2. The van der Waals surface area contributed by atoms with Gasteiger partial charge < -0.3 is 5.11 Å². The summed E-state index contributed by atoms with van der Waals surface area (Å²) in [6, 6.07) is 6.42. The lowest BCUT2D eigenvalue weighted by molar-refractivity contribution is -0.136. The van der Waals surface area contributed by atoms with Crippen LogP contribution in [0.25, 0.3) is 0 Å². The van der Waals surface area contributed by atoms with E-state index in [-0.39, 0.29) is 6.42 Å². The predicted octanol–water partition coefficient (Wildman–Crippen LogP) is 2.79.